The largest absolute Gasteiger partial charge is 0.478 e. The van der Waals surface area contributed by atoms with Gasteiger partial charge in [-0.1, -0.05) is 6.07 Å². The molecule has 0 heterocycles. The zero-order valence-electron chi connectivity index (χ0n) is 7.99. The van der Waals surface area contributed by atoms with Crippen LogP contribution in [-0.4, -0.2) is 16.3 Å². The van der Waals surface area contributed by atoms with Crippen LogP contribution in [-0.2, 0) is 0 Å². The number of carboxylic acids is 1. The van der Waals surface area contributed by atoms with Crippen molar-refractivity contribution in [3.8, 4) is 0 Å². The predicted molar refractivity (Wildman–Crippen MR) is 57.0 cm³/mol. The van der Waals surface area contributed by atoms with Crippen molar-refractivity contribution in [2.24, 2.45) is 0 Å². The number of thioether (sulfide) groups is 1. The van der Waals surface area contributed by atoms with Crippen LogP contribution in [0.5, 0.6) is 0 Å². The lowest BCUT2D eigenvalue weighted by molar-refractivity contribution is 0.0696. The Kier molecular flexibility index (Phi) is 2.50. The number of hydrogen-bond donors (Lipinski definition) is 1. The standard InChI is InChI=1S/C11H12O2S/c1-7-2-3-9(14-8-4-5-8)6-10(7)11(12)13/h2-3,6,8H,4-5H2,1H3,(H,12,13). The van der Waals surface area contributed by atoms with Gasteiger partial charge in [-0.15, -0.1) is 11.8 Å². The van der Waals surface area contributed by atoms with Crippen LogP contribution in [0.25, 0.3) is 0 Å². The fraction of sp³-hybridized carbons (Fsp3) is 0.364. The molecule has 0 atom stereocenters. The second-order valence-corrected chi connectivity index (χ2v) is 4.97. The molecular weight excluding hydrogens is 196 g/mol. The lowest BCUT2D eigenvalue weighted by Gasteiger charge is -2.04. The van der Waals surface area contributed by atoms with Gasteiger partial charge in [0.15, 0.2) is 0 Å². The van der Waals surface area contributed by atoms with E-state index in [9.17, 15) is 4.79 Å². The monoisotopic (exact) mass is 208 g/mol. The van der Waals surface area contributed by atoms with Crippen LogP contribution in [0.2, 0.25) is 0 Å². The maximum absolute atomic E-state index is 10.9. The van der Waals surface area contributed by atoms with Gasteiger partial charge < -0.3 is 5.11 Å². The summed E-state index contributed by atoms with van der Waals surface area (Å²) in [5, 5.41) is 9.65. The van der Waals surface area contributed by atoms with Crippen LogP contribution >= 0.6 is 11.8 Å². The minimum absolute atomic E-state index is 0.427. The van der Waals surface area contributed by atoms with Gasteiger partial charge >= 0.3 is 5.97 Å². The number of benzene rings is 1. The van der Waals surface area contributed by atoms with E-state index >= 15 is 0 Å². The Bertz CT molecular complexity index is 370. The van der Waals surface area contributed by atoms with E-state index in [1.54, 1.807) is 17.8 Å². The Hall–Kier alpha value is -0.960. The molecule has 0 aliphatic heterocycles. The van der Waals surface area contributed by atoms with Crippen LogP contribution in [0.3, 0.4) is 0 Å². The van der Waals surface area contributed by atoms with Crippen molar-refractivity contribution in [2.75, 3.05) is 0 Å². The number of aromatic carboxylic acids is 1. The second kappa shape index (κ2) is 3.65. The number of rotatable bonds is 3. The van der Waals surface area contributed by atoms with Crippen molar-refractivity contribution in [1.29, 1.82) is 0 Å². The van der Waals surface area contributed by atoms with Gasteiger partial charge in [-0.2, -0.15) is 0 Å². The van der Waals surface area contributed by atoms with Crippen LogP contribution in [0.4, 0.5) is 0 Å². The van der Waals surface area contributed by atoms with Crippen LogP contribution < -0.4 is 0 Å². The van der Waals surface area contributed by atoms with E-state index in [0.717, 1.165) is 15.7 Å². The Labute approximate surface area is 87.3 Å². The minimum atomic E-state index is -0.833. The van der Waals surface area contributed by atoms with E-state index in [4.69, 9.17) is 5.11 Å². The smallest absolute Gasteiger partial charge is 0.335 e. The van der Waals surface area contributed by atoms with E-state index in [1.165, 1.54) is 12.8 Å². The molecule has 0 radical (unpaired) electrons. The highest BCUT2D eigenvalue weighted by Crippen LogP contribution is 2.39. The highest BCUT2D eigenvalue weighted by Gasteiger charge is 2.22. The first-order chi connectivity index (χ1) is 6.66. The molecule has 14 heavy (non-hydrogen) atoms. The number of carboxylic acid groups (broad SMARTS) is 1. The second-order valence-electron chi connectivity index (χ2n) is 3.60. The summed E-state index contributed by atoms with van der Waals surface area (Å²) in [5.74, 6) is -0.833. The van der Waals surface area contributed by atoms with E-state index in [1.807, 2.05) is 19.1 Å². The molecule has 1 fully saturated rings. The van der Waals surface area contributed by atoms with E-state index in [-0.39, 0.29) is 0 Å². The fourth-order valence-electron chi connectivity index (χ4n) is 1.28. The van der Waals surface area contributed by atoms with Crippen LogP contribution in [0, 0.1) is 6.92 Å². The molecule has 1 aliphatic rings. The molecule has 0 saturated heterocycles. The van der Waals surface area contributed by atoms with Crippen molar-refractivity contribution in [2.45, 2.75) is 29.9 Å². The summed E-state index contributed by atoms with van der Waals surface area (Å²) in [6, 6.07) is 5.67. The number of hydrogen-bond acceptors (Lipinski definition) is 2. The minimum Gasteiger partial charge on any atom is -0.478 e. The zero-order chi connectivity index (χ0) is 10.1. The van der Waals surface area contributed by atoms with Gasteiger partial charge in [0.05, 0.1) is 5.56 Å². The fourth-order valence-corrected chi connectivity index (χ4v) is 2.37. The molecule has 1 aromatic carbocycles. The van der Waals surface area contributed by atoms with Gasteiger partial charge in [0, 0.05) is 10.1 Å². The molecule has 1 N–H and O–H groups in total. The molecule has 0 bridgehead atoms. The van der Waals surface area contributed by atoms with Gasteiger partial charge in [0.25, 0.3) is 0 Å². The summed E-state index contributed by atoms with van der Waals surface area (Å²) in [7, 11) is 0. The molecule has 0 aromatic heterocycles. The maximum Gasteiger partial charge on any atom is 0.335 e. The van der Waals surface area contributed by atoms with Crippen LogP contribution in [0.15, 0.2) is 23.1 Å². The normalized spacial score (nSPS) is 15.5. The van der Waals surface area contributed by atoms with Crippen molar-refractivity contribution in [3.63, 3.8) is 0 Å². The Balaban J connectivity index is 2.24. The molecule has 1 saturated carbocycles. The van der Waals surface area contributed by atoms with Gasteiger partial charge in [0.1, 0.15) is 0 Å². The molecule has 0 unspecified atom stereocenters. The number of aryl methyl sites for hydroxylation is 1. The summed E-state index contributed by atoms with van der Waals surface area (Å²) in [5.41, 5.74) is 1.26. The molecule has 3 heteroatoms. The Morgan fingerprint density at radius 3 is 2.79 bits per heavy atom. The summed E-state index contributed by atoms with van der Waals surface area (Å²) >= 11 is 1.79. The van der Waals surface area contributed by atoms with Crippen molar-refractivity contribution < 1.29 is 9.90 Å². The molecule has 0 spiro atoms. The molecule has 74 valence electrons. The van der Waals surface area contributed by atoms with Crippen molar-refractivity contribution in [1.82, 2.24) is 0 Å². The van der Waals surface area contributed by atoms with Crippen molar-refractivity contribution >= 4 is 17.7 Å². The first kappa shape index (κ1) is 9.59. The predicted octanol–water partition coefficient (Wildman–Crippen LogP) is 2.95. The van der Waals surface area contributed by atoms with Gasteiger partial charge in [-0.25, -0.2) is 4.79 Å². The Morgan fingerprint density at radius 1 is 1.50 bits per heavy atom. The van der Waals surface area contributed by atoms with Crippen molar-refractivity contribution in [3.05, 3.63) is 29.3 Å². The van der Waals surface area contributed by atoms with Crippen LogP contribution in [0.1, 0.15) is 28.8 Å². The summed E-state index contributed by atoms with van der Waals surface area (Å²) < 4.78 is 0. The van der Waals surface area contributed by atoms with E-state index < -0.39 is 5.97 Å². The zero-order valence-corrected chi connectivity index (χ0v) is 8.80. The van der Waals surface area contributed by atoms with E-state index in [0.29, 0.717) is 5.56 Å². The van der Waals surface area contributed by atoms with Gasteiger partial charge in [0.2, 0.25) is 0 Å². The molecule has 0 amide bonds. The first-order valence-corrected chi connectivity index (χ1v) is 5.55. The van der Waals surface area contributed by atoms with Gasteiger partial charge in [-0.3, -0.25) is 0 Å². The molecule has 2 rings (SSSR count). The third-order valence-electron chi connectivity index (χ3n) is 2.27. The quantitative estimate of drug-likeness (QED) is 0.829. The average Bonchev–Trinajstić information content (AvgIpc) is 2.92. The summed E-state index contributed by atoms with van der Waals surface area (Å²) in [6.07, 6.45) is 2.53. The third kappa shape index (κ3) is 2.10. The summed E-state index contributed by atoms with van der Waals surface area (Å²) in [6.45, 7) is 1.83. The summed E-state index contributed by atoms with van der Waals surface area (Å²) in [4.78, 5) is 11.9. The SMILES string of the molecule is Cc1ccc(SC2CC2)cc1C(=O)O. The first-order valence-electron chi connectivity index (χ1n) is 4.67. The lowest BCUT2D eigenvalue weighted by atomic mass is 10.1. The topological polar surface area (TPSA) is 37.3 Å². The van der Waals surface area contributed by atoms with Gasteiger partial charge in [-0.05, 0) is 37.5 Å². The third-order valence-corrected chi connectivity index (χ3v) is 3.60. The molecule has 2 nitrogen and oxygen atoms in total. The molecular formula is C11H12O2S. The maximum atomic E-state index is 10.9. The lowest BCUT2D eigenvalue weighted by Crippen LogP contribution is -1.99. The van der Waals surface area contributed by atoms with E-state index in [2.05, 4.69) is 0 Å². The highest BCUT2D eigenvalue weighted by atomic mass is 32.2. The average molecular weight is 208 g/mol. The molecule has 1 aromatic rings. The Morgan fingerprint density at radius 2 is 2.21 bits per heavy atom. The molecule has 1 aliphatic carbocycles. The highest BCUT2D eigenvalue weighted by molar-refractivity contribution is 8.00. The number of carbonyl (C=O) groups is 1.